The average Bonchev–Trinajstić information content (AvgIpc) is 3.09. The molecule has 2 heterocycles. The van der Waals surface area contributed by atoms with E-state index in [2.05, 4.69) is 30.6 Å². The van der Waals surface area contributed by atoms with Crippen LogP contribution in [-0.2, 0) is 0 Å². The van der Waals surface area contributed by atoms with E-state index in [9.17, 15) is 17.6 Å². The van der Waals surface area contributed by atoms with Crippen LogP contribution in [-0.4, -0.2) is 45.4 Å². The Kier molecular flexibility index (Phi) is 5.27. The van der Waals surface area contributed by atoms with Crippen LogP contribution in [0.3, 0.4) is 0 Å². The molecule has 0 aromatic carbocycles. The molecule has 0 radical (unpaired) electrons. The Morgan fingerprint density at radius 3 is 2.20 bits per heavy atom. The van der Waals surface area contributed by atoms with Gasteiger partial charge in [0.05, 0.1) is 12.2 Å². The van der Waals surface area contributed by atoms with Crippen LogP contribution in [0.4, 0.5) is 17.6 Å². The number of halogens is 4. The molecule has 1 aliphatic heterocycles. The lowest BCUT2D eigenvalue weighted by molar-refractivity contribution is -0.0554. The van der Waals surface area contributed by atoms with Gasteiger partial charge in [0, 0.05) is 31.6 Å². The monoisotopic (exact) mass is 429 g/mol. The standard InChI is InChI=1S/C19H27F4N7/c1-11-25-10-14(26-11)15-28-16(27-13-4-8-18(22,23)9-5-13)30-19(24,29-15)12-2-6-17(20,21)7-3-12/h10,12-13H,2-9,24H2,1H3,(H,25,26)(H2,27,28,29,30). The van der Waals surface area contributed by atoms with E-state index in [1.54, 1.807) is 13.1 Å². The average molecular weight is 429 g/mol. The fraction of sp³-hybridized carbons (Fsp3) is 0.737. The minimum atomic E-state index is -2.68. The fourth-order valence-corrected chi connectivity index (χ4v) is 4.32. The number of aryl methyl sites for hydroxylation is 1. The number of guanidine groups is 1. The van der Waals surface area contributed by atoms with Gasteiger partial charge in [0.15, 0.2) is 17.6 Å². The number of alkyl halides is 4. The molecule has 1 aromatic rings. The van der Waals surface area contributed by atoms with E-state index in [0.29, 0.717) is 23.3 Å². The van der Waals surface area contributed by atoms with Crippen LogP contribution in [0.5, 0.6) is 0 Å². The molecule has 5 N–H and O–H groups in total. The number of nitrogens with one attached hydrogen (secondary N) is 3. The summed E-state index contributed by atoms with van der Waals surface area (Å²) in [5.74, 6) is -5.57. The third-order valence-electron chi connectivity index (χ3n) is 6.15. The van der Waals surface area contributed by atoms with Crippen LogP contribution in [0.2, 0.25) is 0 Å². The van der Waals surface area contributed by atoms with Crippen molar-refractivity contribution in [2.75, 3.05) is 0 Å². The highest BCUT2D eigenvalue weighted by Gasteiger charge is 2.46. The minimum absolute atomic E-state index is 0.208. The van der Waals surface area contributed by atoms with Crippen molar-refractivity contribution in [3.63, 3.8) is 0 Å². The molecule has 0 amide bonds. The number of aliphatic imine (C=N–C) groups is 2. The molecule has 1 atom stereocenters. The molecule has 0 bridgehead atoms. The van der Waals surface area contributed by atoms with E-state index in [4.69, 9.17) is 5.73 Å². The molecule has 1 unspecified atom stereocenters. The molecule has 11 heteroatoms. The SMILES string of the molecule is Cc1ncc(C2=NC(N)(C3CCC(F)(F)CC3)NC(=NC3CCC(F)(F)CC3)N2)[nH]1. The Morgan fingerprint density at radius 2 is 1.63 bits per heavy atom. The zero-order valence-electron chi connectivity index (χ0n) is 16.8. The number of H-pyrrole nitrogens is 1. The zero-order chi connectivity index (χ0) is 21.6. The summed E-state index contributed by atoms with van der Waals surface area (Å²) >= 11 is 0. The van der Waals surface area contributed by atoms with Crippen molar-refractivity contribution in [2.24, 2.45) is 21.6 Å². The van der Waals surface area contributed by atoms with E-state index in [0.717, 1.165) is 0 Å². The molecule has 1 aromatic heterocycles. The summed E-state index contributed by atoms with van der Waals surface area (Å²) in [6.45, 7) is 1.79. The smallest absolute Gasteiger partial charge is 0.248 e. The quantitative estimate of drug-likeness (QED) is 0.555. The lowest BCUT2D eigenvalue weighted by atomic mass is 9.82. The molecule has 4 rings (SSSR count). The van der Waals surface area contributed by atoms with Crippen molar-refractivity contribution in [1.82, 2.24) is 20.6 Å². The highest BCUT2D eigenvalue weighted by atomic mass is 19.3. The maximum atomic E-state index is 13.7. The lowest BCUT2D eigenvalue weighted by Gasteiger charge is -2.42. The zero-order valence-corrected chi connectivity index (χ0v) is 16.8. The number of amidine groups is 1. The van der Waals surface area contributed by atoms with Gasteiger partial charge in [0.2, 0.25) is 11.8 Å². The number of nitrogens with zero attached hydrogens (tertiary/aromatic N) is 3. The van der Waals surface area contributed by atoms with Crippen molar-refractivity contribution in [1.29, 1.82) is 0 Å². The molecule has 0 saturated heterocycles. The Balaban J connectivity index is 1.59. The Bertz CT molecular complexity index is 830. The highest BCUT2D eigenvalue weighted by Crippen LogP contribution is 2.40. The third-order valence-corrected chi connectivity index (χ3v) is 6.15. The summed E-state index contributed by atoms with van der Waals surface area (Å²) in [6, 6.07) is -0.276. The number of hydrogen-bond acceptors (Lipinski definition) is 4. The second-order valence-corrected chi connectivity index (χ2v) is 8.61. The van der Waals surface area contributed by atoms with Crippen molar-refractivity contribution in [3.05, 3.63) is 17.7 Å². The molecular weight excluding hydrogens is 402 g/mol. The lowest BCUT2D eigenvalue weighted by Crippen LogP contribution is -2.67. The van der Waals surface area contributed by atoms with Gasteiger partial charge >= 0.3 is 0 Å². The number of rotatable bonds is 3. The summed E-state index contributed by atoms with van der Waals surface area (Å²) in [4.78, 5) is 16.4. The maximum absolute atomic E-state index is 13.7. The molecule has 2 fully saturated rings. The molecule has 166 valence electrons. The Morgan fingerprint density at radius 1 is 1.03 bits per heavy atom. The van der Waals surface area contributed by atoms with Gasteiger partial charge in [0.1, 0.15) is 11.5 Å². The first-order valence-electron chi connectivity index (χ1n) is 10.3. The summed E-state index contributed by atoms with van der Waals surface area (Å²) in [5, 5.41) is 6.13. The molecule has 30 heavy (non-hydrogen) atoms. The summed E-state index contributed by atoms with van der Waals surface area (Å²) in [7, 11) is 0. The summed E-state index contributed by atoms with van der Waals surface area (Å²) in [6.07, 6.45) is 1.66. The number of imidazole rings is 1. The van der Waals surface area contributed by atoms with Gasteiger partial charge in [-0.1, -0.05) is 0 Å². The van der Waals surface area contributed by atoms with Crippen LogP contribution in [0, 0.1) is 12.8 Å². The van der Waals surface area contributed by atoms with Crippen LogP contribution in [0.1, 0.15) is 62.9 Å². The Hall–Kier alpha value is -2.17. The number of aromatic nitrogens is 2. The van der Waals surface area contributed by atoms with Crippen LogP contribution >= 0.6 is 0 Å². The summed E-state index contributed by atoms with van der Waals surface area (Å²) in [5.41, 5.74) is 7.17. The fourth-order valence-electron chi connectivity index (χ4n) is 4.32. The van der Waals surface area contributed by atoms with Gasteiger partial charge in [-0.15, -0.1) is 0 Å². The van der Waals surface area contributed by atoms with E-state index in [1.807, 2.05) is 0 Å². The first-order valence-corrected chi connectivity index (χ1v) is 10.3. The predicted octanol–water partition coefficient (Wildman–Crippen LogP) is 3.03. The topological polar surface area (TPSA) is 103 Å². The van der Waals surface area contributed by atoms with Gasteiger partial charge < -0.3 is 15.6 Å². The van der Waals surface area contributed by atoms with Crippen molar-refractivity contribution < 1.29 is 17.6 Å². The van der Waals surface area contributed by atoms with Crippen LogP contribution in [0.15, 0.2) is 16.2 Å². The summed E-state index contributed by atoms with van der Waals surface area (Å²) < 4.78 is 54.3. The number of aromatic amines is 1. The third kappa shape index (κ3) is 4.60. The van der Waals surface area contributed by atoms with Crippen molar-refractivity contribution >= 4 is 11.8 Å². The van der Waals surface area contributed by atoms with Gasteiger partial charge in [-0.3, -0.25) is 5.73 Å². The minimum Gasteiger partial charge on any atom is -0.340 e. The van der Waals surface area contributed by atoms with Gasteiger partial charge in [-0.05, 0) is 32.6 Å². The van der Waals surface area contributed by atoms with Crippen LogP contribution < -0.4 is 16.4 Å². The first kappa shape index (κ1) is 21.1. The van der Waals surface area contributed by atoms with Gasteiger partial charge in [0.25, 0.3) is 0 Å². The van der Waals surface area contributed by atoms with Crippen molar-refractivity contribution in [2.45, 2.75) is 82.0 Å². The number of hydrogen-bond donors (Lipinski definition) is 4. The molecule has 2 saturated carbocycles. The molecule has 7 nitrogen and oxygen atoms in total. The largest absolute Gasteiger partial charge is 0.340 e. The second kappa shape index (κ2) is 7.51. The van der Waals surface area contributed by atoms with E-state index in [1.165, 1.54) is 0 Å². The normalized spacial score (nSPS) is 31.1. The van der Waals surface area contributed by atoms with Gasteiger partial charge in [-0.25, -0.2) is 32.5 Å². The molecule has 2 aliphatic carbocycles. The first-order chi connectivity index (χ1) is 14.0. The van der Waals surface area contributed by atoms with E-state index < -0.39 is 17.6 Å². The molecular formula is C19H27F4N7. The molecule has 0 spiro atoms. The van der Waals surface area contributed by atoms with E-state index >= 15 is 0 Å². The Labute approximate surface area is 172 Å². The van der Waals surface area contributed by atoms with Crippen molar-refractivity contribution in [3.8, 4) is 0 Å². The number of nitrogens with two attached hydrogens (primary N) is 1. The van der Waals surface area contributed by atoms with E-state index in [-0.39, 0.29) is 63.3 Å². The van der Waals surface area contributed by atoms with Crippen LogP contribution in [0.25, 0.3) is 0 Å². The second-order valence-electron chi connectivity index (χ2n) is 8.61. The highest BCUT2D eigenvalue weighted by molar-refractivity contribution is 6.09. The maximum Gasteiger partial charge on any atom is 0.248 e. The van der Waals surface area contributed by atoms with Gasteiger partial charge in [-0.2, -0.15) is 0 Å². The predicted molar refractivity (Wildman–Crippen MR) is 105 cm³/mol. The molecule has 3 aliphatic rings.